The molecule has 7 rings (SSSR count). The average Bonchev–Trinajstić information content (AvgIpc) is 3.78. The van der Waals surface area contributed by atoms with Gasteiger partial charge in [-0.3, -0.25) is 33.6 Å². The summed E-state index contributed by atoms with van der Waals surface area (Å²) in [5, 5.41) is 21.4. The van der Waals surface area contributed by atoms with Crippen LogP contribution in [0.5, 0.6) is 0 Å². The zero-order valence-electron chi connectivity index (χ0n) is 43.9. The van der Waals surface area contributed by atoms with E-state index < -0.39 is 64.9 Å². The van der Waals surface area contributed by atoms with E-state index in [4.69, 9.17) is 0 Å². The predicted molar refractivity (Wildman–Crippen MR) is 276 cm³/mol. The van der Waals surface area contributed by atoms with Gasteiger partial charge in [0.25, 0.3) is 5.91 Å². The third kappa shape index (κ3) is 12.0. The summed E-state index contributed by atoms with van der Waals surface area (Å²) < 4.78 is 0. The molecule has 1 fully saturated rings. The molecule has 72 heavy (non-hydrogen) atoms. The second kappa shape index (κ2) is 22.3. The largest absolute Gasteiger partial charge is 0.347 e. The first-order valence-electron chi connectivity index (χ1n) is 25.8. The van der Waals surface area contributed by atoms with E-state index in [1.165, 1.54) is 16.0 Å². The maximum atomic E-state index is 14.9. The summed E-state index contributed by atoms with van der Waals surface area (Å²) in [6.07, 6.45) is 5.38. The number of benzene rings is 3. The molecule has 1 saturated heterocycles. The van der Waals surface area contributed by atoms with E-state index in [0.29, 0.717) is 5.56 Å². The van der Waals surface area contributed by atoms with Crippen LogP contribution < -0.4 is 37.2 Å². The monoisotopic (exact) mass is 988 g/mol. The summed E-state index contributed by atoms with van der Waals surface area (Å²) in [5.74, 6) is -2.57. The van der Waals surface area contributed by atoms with Crippen molar-refractivity contribution in [2.75, 3.05) is 20.6 Å². The highest BCUT2D eigenvalue weighted by Crippen LogP contribution is 2.34. The lowest BCUT2D eigenvalue weighted by atomic mass is 9.83. The normalized spacial score (nSPS) is 22.4. The first-order chi connectivity index (χ1) is 34.1. The average molecular weight is 988 g/mol. The minimum absolute atomic E-state index is 0.0288. The number of nitrogens with one attached hydrogen (secondary N) is 7. The molecule has 7 N–H and O–H groups in total. The molecule has 0 bridgehead atoms. The Morgan fingerprint density at radius 3 is 1.57 bits per heavy atom. The maximum Gasteiger partial charge on any atom is 0.251 e. The van der Waals surface area contributed by atoms with E-state index in [1.54, 1.807) is 51.0 Å². The maximum absolute atomic E-state index is 14.9. The molecular weight excluding hydrogens is 911 g/mol. The highest BCUT2D eigenvalue weighted by molar-refractivity contribution is 5.97. The molecule has 9 atom stereocenters. The van der Waals surface area contributed by atoms with E-state index in [1.807, 2.05) is 77.9 Å². The molecule has 0 spiro atoms. The molecule has 16 heteroatoms. The van der Waals surface area contributed by atoms with E-state index in [2.05, 4.69) is 49.4 Å². The van der Waals surface area contributed by atoms with Crippen LogP contribution in [-0.4, -0.2) is 114 Å². The molecule has 6 unspecified atom stereocenters. The third-order valence-electron chi connectivity index (χ3n) is 15.2. The first-order valence-corrected chi connectivity index (χ1v) is 25.8. The van der Waals surface area contributed by atoms with Crippen LogP contribution in [0.4, 0.5) is 0 Å². The van der Waals surface area contributed by atoms with Crippen LogP contribution in [0.2, 0.25) is 0 Å². The molecule has 7 amide bonds. The number of likely N-dealkylation sites (N-methyl/N-ethyl adjacent to an activating group) is 2. The topological polar surface area (TPSA) is 210 Å². The van der Waals surface area contributed by atoms with Crippen LogP contribution in [-0.2, 0) is 54.6 Å². The minimum atomic E-state index is -0.974. The molecule has 3 aromatic rings. The first kappa shape index (κ1) is 53.7. The Kier molecular flexibility index (Phi) is 16.6. The summed E-state index contributed by atoms with van der Waals surface area (Å²) in [7, 11) is 3.34. The fourth-order valence-electron chi connectivity index (χ4n) is 10.7. The van der Waals surface area contributed by atoms with Gasteiger partial charge in [-0.2, -0.15) is 0 Å². The third-order valence-corrected chi connectivity index (χ3v) is 15.2. The van der Waals surface area contributed by atoms with Gasteiger partial charge in [-0.05, 0) is 129 Å². The van der Waals surface area contributed by atoms with Crippen molar-refractivity contribution < 1.29 is 33.6 Å². The SMILES string of the molecule is CN[C@@H](C)C(=O)NC(C(=O)N1CC(NC(=O)c2ccc3c(c2)C[C@H](C(=O)NC2CCCc4ccccc42)N(C(=O)C(NC(=O)[C@H](C)NC)C(C)(C)C)C3)CC1C(=O)NC1CCCc2ccccc21)C(C)(C)C. The van der Waals surface area contributed by atoms with Gasteiger partial charge < -0.3 is 47.0 Å². The van der Waals surface area contributed by atoms with Crippen LogP contribution in [0.3, 0.4) is 0 Å². The van der Waals surface area contributed by atoms with Crippen molar-refractivity contribution >= 4 is 41.4 Å². The molecule has 0 aromatic heterocycles. The number of hydrogen-bond acceptors (Lipinski definition) is 9. The van der Waals surface area contributed by atoms with E-state index >= 15 is 0 Å². The number of carbonyl (C=O) groups excluding carboxylic acids is 7. The molecule has 2 aliphatic heterocycles. The Balaban J connectivity index is 1.16. The second-order valence-electron chi connectivity index (χ2n) is 22.5. The van der Waals surface area contributed by atoms with Gasteiger partial charge in [-0.15, -0.1) is 0 Å². The molecule has 3 aromatic carbocycles. The van der Waals surface area contributed by atoms with Gasteiger partial charge >= 0.3 is 0 Å². The van der Waals surface area contributed by atoms with Crippen LogP contribution in [0.15, 0.2) is 66.7 Å². The smallest absolute Gasteiger partial charge is 0.251 e. The molecule has 2 aliphatic carbocycles. The van der Waals surface area contributed by atoms with Gasteiger partial charge in [0.1, 0.15) is 24.2 Å². The number of aryl methyl sites for hydroxylation is 2. The zero-order valence-corrected chi connectivity index (χ0v) is 43.9. The summed E-state index contributed by atoms with van der Waals surface area (Å²) in [4.78, 5) is 103. The van der Waals surface area contributed by atoms with Crippen LogP contribution >= 0.6 is 0 Å². The summed E-state index contributed by atoms with van der Waals surface area (Å²) >= 11 is 0. The van der Waals surface area contributed by atoms with Crippen LogP contribution in [0.1, 0.15) is 143 Å². The van der Waals surface area contributed by atoms with Gasteiger partial charge in [0.15, 0.2) is 0 Å². The number of carbonyl (C=O) groups is 7. The van der Waals surface area contributed by atoms with Crippen LogP contribution in [0, 0.1) is 10.8 Å². The number of amides is 7. The molecule has 388 valence electrons. The number of hydrogen-bond donors (Lipinski definition) is 7. The number of likely N-dealkylation sites (tertiary alicyclic amines) is 1. The Hall–Kier alpha value is -6.13. The van der Waals surface area contributed by atoms with Crippen molar-refractivity contribution in [2.24, 2.45) is 10.8 Å². The van der Waals surface area contributed by atoms with Gasteiger partial charge in [-0.25, -0.2) is 0 Å². The highest BCUT2D eigenvalue weighted by atomic mass is 16.2. The van der Waals surface area contributed by atoms with Gasteiger partial charge in [-0.1, -0.05) is 96.1 Å². The Morgan fingerprint density at radius 2 is 1.07 bits per heavy atom. The van der Waals surface area contributed by atoms with Gasteiger partial charge in [0.05, 0.1) is 24.2 Å². The van der Waals surface area contributed by atoms with Crippen molar-refractivity contribution in [1.82, 2.24) is 47.0 Å². The Morgan fingerprint density at radius 1 is 0.583 bits per heavy atom. The van der Waals surface area contributed by atoms with Crippen LogP contribution in [0.25, 0.3) is 0 Å². The van der Waals surface area contributed by atoms with E-state index in [0.717, 1.165) is 60.8 Å². The quantitative estimate of drug-likeness (QED) is 0.123. The lowest BCUT2D eigenvalue weighted by Crippen LogP contribution is -2.62. The van der Waals surface area contributed by atoms with Crippen molar-refractivity contribution in [3.8, 4) is 0 Å². The fraction of sp³-hybridized carbons (Fsp3) is 0.554. The lowest BCUT2D eigenvalue weighted by molar-refractivity contribution is -0.147. The number of fused-ring (bicyclic) bond motifs is 3. The summed E-state index contributed by atoms with van der Waals surface area (Å²) in [6.45, 7) is 14.8. The Bertz CT molecular complexity index is 2530. The molecular formula is C56H77N9O7. The van der Waals surface area contributed by atoms with E-state index in [-0.39, 0.29) is 67.6 Å². The molecule has 2 heterocycles. The predicted octanol–water partition coefficient (Wildman–Crippen LogP) is 4.30. The minimum Gasteiger partial charge on any atom is -0.347 e. The van der Waals surface area contributed by atoms with Gasteiger partial charge in [0.2, 0.25) is 35.4 Å². The Labute approximate surface area is 425 Å². The molecule has 16 nitrogen and oxygen atoms in total. The highest BCUT2D eigenvalue weighted by Gasteiger charge is 2.47. The van der Waals surface area contributed by atoms with Crippen molar-refractivity contribution in [3.63, 3.8) is 0 Å². The van der Waals surface area contributed by atoms with Crippen molar-refractivity contribution in [2.45, 2.75) is 168 Å². The molecule has 4 aliphatic rings. The lowest BCUT2D eigenvalue weighted by Gasteiger charge is -2.42. The number of rotatable bonds is 14. The summed E-state index contributed by atoms with van der Waals surface area (Å²) in [5.41, 5.74) is 4.84. The second-order valence-corrected chi connectivity index (χ2v) is 22.5. The van der Waals surface area contributed by atoms with Gasteiger partial charge in [0, 0.05) is 31.1 Å². The van der Waals surface area contributed by atoms with Crippen molar-refractivity contribution in [3.05, 3.63) is 106 Å². The molecule has 0 radical (unpaired) electrons. The standard InChI is InChI=1S/C56H77N9O7/c1-32(57-9)48(66)62-46(55(3,4)5)53(71)64-30-37-26-25-36(27-38(37)28-44(64)51(69)60-42-23-15-19-34-17-11-13-21-40(34)42)50(68)59-39-29-45(52(70)61-43-24-16-20-35-18-12-14-22-41(35)43)65(31-39)54(72)47(56(6,7)8)63-49(67)33(2)58-10/h11-14,17-18,21-22,25-27,32-33,39,42-47,57-58H,15-16,19-20,23-24,28-31H2,1-10H3,(H,59,68)(H,60,69)(H,61,70)(H,62,66)(H,63,67)/t32-,33-,39?,42?,43?,44+,45?,46?,47?/m0/s1. The summed E-state index contributed by atoms with van der Waals surface area (Å²) in [6, 6.07) is 15.3. The fourth-order valence-corrected chi connectivity index (χ4v) is 10.7. The molecule has 0 saturated carbocycles. The zero-order chi connectivity index (χ0) is 52.2. The van der Waals surface area contributed by atoms with E-state index in [9.17, 15) is 33.6 Å². The van der Waals surface area contributed by atoms with Crippen molar-refractivity contribution in [1.29, 1.82) is 0 Å². The number of nitrogens with zero attached hydrogens (tertiary/aromatic N) is 2.